The van der Waals surface area contributed by atoms with Crippen LogP contribution in [-0.2, 0) is 16.1 Å². The first-order valence-corrected chi connectivity index (χ1v) is 13.0. The Hall–Kier alpha value is -3.11. The topological polar surface area (TPSA) is 85.6 Å². The third kappa shape index (κ3) is 5.59. The normalized spacial score (nSPS) is 18.1. The lowest BCUT2D eigenvalue weighted by molar-refractivity contribution is -0.128. The number of hydrogen-bond donors (Lipinski definition) is 0. The SMILES string of the molecule is COc1ccc(-c2nnc(SCC(=O)N3CCN(c4ccccn4)CC3)n2CC2CCCO2)cc1. The molecule has 0 saturated carbocycles. The van der Waals surface area contributed by atoms with Crippen LogP contribution in [0.15, 0.2) is 53.8 Å². The van der Waals surface area contributed by atoms with Crippen LogP contribution < -0.4 is 9.64 Å². The molecule has 5 rings (SSSR count). The second kappa shape index (κ2) is 11.1. The van der Waals surface area contributed by atoms with Crippen molar-refractivity contribution >= 4 is 23.5 Å². The molecule has 1 amide bonds. The number of hydrogen-bond acceptors (Lipinski definition) is 8. The van der Waals surface area contributed by atoms with Crippen molar-refractivity contribution in [3.8, 4) is 17.1 Å². The molecule has 1 aromatic carbocycles. The van der Waals surface area contributed by atoms with Gasteiger partial charge in [0.25, 0.3) is 0 Å². The number of benzene rings is 1. The van der Waals surface area contributed by atoms with Crippen LogP contribution in [0.2, 0.25) is 0 Å². The van der Waals surface area contributed by atoms with Crippen molar-refractivity contribution in [1.29, 1.82) is 0 Å². The van der Waals surface area contributed by atoms with E-state index in [-0.39, 0.29) is 12.0 Å². The maximum absolute atomic E-state index is 13.0. The lowest BCUT2D eigenvalue weighted by Gasteiger charge is -2.35. The van der Waals surface area contributed by atoms with Crippen LogP contribution in [0.3, 0.4) is 0 Å². The van der Waals surface area contributed by atoms with Gasteiger partial charge in [-0.05, 0) is 49.2 Å². The fourth-order valence-corrected chi connectivity index (χ4v) is 5.30. The summed E-state index contributed by atoms with van der Waals surface area (Å²) in [4.78, 5) is 21.6. The summed E-state index contributed by atoms with van der Waals surface area (Å²) in [5.74, 6) is 2.98. The summed E-state index contributed by atoms with van der Waals surface area (Å²) in [5.41, 5.74) is 0.958. The first-order chi connectivity index (χ1) is 17.2. The molecule has 2 fully saturated rings. The van der Waals surface area contributed by atoms with Crippen molar-refractivity contribution < 1.29 is 14.3 Å². The Labute approximate surface area is 209 Å². The average Bonchev–Trinajstić information content (AvgIpc) is 3.58. The van der Waals surface area contributed by atoms with E-state index >= 15 is 0 Å². The lowest BCUT2D eigenvalue weighted by atomic mass is 10.2. The van der Waals surface area contributed by atoms with Gasteiger partial charge < -0.3 is 19.3 Å². The maximum atomic E-state index is 13.0. The van der Waals surface area contributed by atoms with E-state index in [1.807, 2.05) is 47.4 Å². The minimum atomic E-state index is 0.119. The number of carbonyl (C=O) groups is 1. The highest BCUT2D eigenvalue weighted by molar-refractivity contribution is 7.99. The molecule has 2 aliphatic rings. The Morgan fingerprint density at radius 2 is 1.94 bits per heavy atom. The molecular weight excluding hydrogens is 464 g/mol. The van der Waals surface area contributed by atoms with E-state index in [1.54, 1.807) is 13.3 Å². The molecule has 10 heteroatoms. The third-order valence-electron chi connectivity index (χ3n) is 6.41. The maximum Gasteiger partial charge on any atom is 0.233 e. The molecule has 2 aromatic heterocycles. The molecular formula is C25H30N6O3S. The quantitative estimate of drug-likeness (QED) is 0.442. The fourth-order valence-electron chi connectivity index (χ4n) is 4.45. The highest BCUT2D eigenvalue weighted by atomic mass is 32.2. The number of thioether (sulfide) groups is 1. The third-order valence-corrected chi connectivity index (χ3v) is 7.36. The van der Waals surface area contributed by atoms with Crippen LogP contribution in [0.5, 0.6) is 5.75 Å². The Balaban J connectivity index is 1.24. The number of piperazine rings is 1. The van der Waals surface area contributed by atoms with Crippen molar-refractivity contribution in [2.45, 2.75) is 30.6 Å². The van der Waals surface area contributed by atoms with Gasteiger partial charge in [-0.2, -0.15) is 0 Å². The summed E-state index contributed by atoms with van der Waals surface area (Å²) in [6.07, 6.45) is 4.02. The van der Waals surface area contributed by atoms with Crippen molar-refractivity contribution in [2.24, 2.45) is 0 Å². The zero-order valence-corrected chi connectivity index (χ0v) is 20.7. The van der Waals surface area contributed by atoms with E-state index in [1.165, 1.54) is 11.8 Å². The summed E-state index contributed by atoms with van der Waals surface area (Å²) in [6, 6.07) is 13.7. The Kier molecular flexibility index (Phi) is 7.48. The zero-order valence-electron chi connectivity index (χ0n) is 19.9. The van der Waals surface area contributed by atoms with Gasteiger partial charge in [0.2, 0.25) is 5.91 Å². The number of ether oxygens (including phenoxy) is 2. The van der Waals surface area contributed by atoms with Gasteiger partial charge in [0, 0.05) is 44.5 Å². The molecule has 3 aromatic rings. The fraction of sp³-hybridized carbons (Fsp3) is 0.440. The van der Waals surface area contributed by atoms with Gasteiger partial charge in [0.15, 0.2) is 11.0 Å². The Morgan fingerprint density at radius 3 is 2.63 bits per heavy atom. The molecule has 1 atom stereocenters. The molecule has 9 nitrogen and oxygen atoms in total. The number of pyridine rings is 1. The molecule has 0 aliphatic carbocycles. The first kappa shape index (κ1) is 23.6. The average molecular weight is 495 g/mol. The van der Waals surface area contributed by atoms with Gasteiger partial charge in [0.1, 0.15) is 11.6 Å². The van der Waals surface area contributed by atoms with Crippen molar-refractivity contribution in [3.05, 3.63) is 48.7 Å². The minimum Gasteiger partial charge on any atom is -0.497 e. The van der Waals surface area contributed by atoms with Crippen LogP contribution in [0.4, 0.5) is 5.82 Å². The number of methoxy groups -OCH3 is 1. The summed E-state index contributed by atoms with van der Waals surface area (Å²) in [5, 5.41) is 9.67. The second-order valence-corrected chi connectivity index (χ2v) is 9.57. The molecule has 0 bridgehead atoms. The summed E-state index contributed by atoms with van der Waals surface area (Å²) in [6.45, 7) is 4.41. The Bertz CT molecular complexity index is 1110. The van der Waals surface area contributed by atoms with E-state index in [2.05, 4.69) is 24.6 Å². The summed E-state index contributed by atoms with van der Waals surface area (Å²) >= 11 is 1.44. The highest BCUT2D eigenvalue weighted by Gasteiger charge is 2.25. The van der Waals surface area contributed by atoms with Crippen LogP contribution in [0.25, 0.3) is 11.4 Å². The molecule has 2 saturated heterocycles. The minimum absolute atomic E-state index is 0.119. The van der Waals surface area contributed by atoms with Gasteiger partial charge in [-0.1, -0.05) is 17.8 Å². The molecule has 184 valence electrons. The van der Waals surface area contributed by atoms with Gasteiger partial charge in [-0.3, -0.25) is 9.36 Å². The standard InChI is InChI=1S/C25H30N6O3S/c1-33-20-9-7-19(8-10-20)24-27-28-25(31(24)17-21-5-4-16-34-21)35-18-23(32)30-14-12-29(13-15-30)22-6-2-3-11-26-22/h2-3,6-11,21H,4-5,12-18H2,1H3. The predicted octanol–water partition coefficient (Wildman–Crippen LogP) is 2.97. The van der Waals surface area contributed by atoms with E-state index in [9.17, 15) is 4.79 Å². The van der Waals surface area contributed by atoms with Gasteiger partial charge in [-0.15, -0.1) is 10.2 Å². The largest absolute Gasteiger partial charge is 0.497 e. The number of amides is 1. The zero-order chi connectivity index (χ0) is 24.0. The van der Waals surface area contributed by atoms with Crippen molar-refractivity contribution in [3.63, 3.8) is 0 Å². The van der Waals surface area contributed by atoms with E-state index in [4.69, 9.17) is 9.47 Å². The van der Waals surface area contributed by atoms with Crippen LogP contribution >= 0.6 is 11.8 Å². The highest BCUT2D eigenvalue weighted by Crippen LogP contribution is 2.28. The molecule has 0 spiro atoms. The number of nitrogens with zero attached hydrogens (tertiary/aromatic N) is 6. The Morgan fingerprint density at radius 1 is 1.11 bits per heavy atom. The smallest absolute Gasteiger partial charge is 0.233 e. The lowest BCUT2D eigenvalue weighted by Crippen LogP contribution is -2.49. The monoisotopic (exact) mass is 494 g/mol. The van der Waals surface area contributed by atoms with Gasteiger partial charge in [-0.25, -0.2) is 4.98 Å². The molecule has 0 radical (unpaired) electrons. The van der Waals surface area contributed by atoms with Crippen molar-refractivity contribution in [2.75, 3.05) is 50.5 Å². The second-order valence-electron chi connectivity index (χ2n) is 8.62. The van der Waals surface area contributed by atoms with E-state index < -0.39 is 0 Å². The number of aromatic nitrogens is 4. The summed E-state index contributed by atoms with van der Waals surface area (Å²) < 4.78 is 13.3. The predicted molar refractivity (Wildman–Crippen MR) is 135 cm³/mol. The molecule has 4 heterocycles. The van der Waals surface area contributed by atoms with Crippen LogP contribution in [0, 0.1) is 0 Å². The molecule has 35 heavy (non-hydrogen) atoms. The number of anilines is 1. The first-order valence-electron chi connectivity index (χ1n) is 12.0. The van der Waals surface area contributed by atoms with Crippen LogP contribution in [-0.4, -0.2) is 82.3 Å². The molecule has 1 unspecified atom stereocenters. The molecule has 0 N–H and O–H groups in total. The van der Waals surface area contributed by atoms with Gasteiger partial charge >= 0.3 is 0 Å². The summed E-state index contributed by atoms with van der Waals surface area (Å²) in [7, 11) is 1.65. The number of rotatable bonds is 8. The van der Waals surface area contributed by atoms with Crippen LogP contribution in [0.1, 0.15) is 12.8 Å². The van der Waals surface area contributed by atoms with Crippen molar-refractivity contribution in [1.82, 2.24) is 24.6 Å². The van der Waals surface area contributed by atoms with Gasteiger partial charge in [0.05, 0.1) is 25.5 Å². The molecule has 2 aliphatic heterocycles. The van der Waals surface area contributed by atoms with E-state index in [0.29, 0.717) is 25.4 Å². The number of carbonyl (C=O) groups excluding carboxylic acids is 1. The van der Waals surface area contributed by atoms with E-state index in [0.717, 1.165) is 60.6 Å².